The van der Waals surface area contributed by atoms with E-state index in [-0.39, 0.29) is 18.0 Å². The van der Waals surface area contributed by atoms with E-state index in [1.165, 1.54) is 0 Å². The Morgan fingerprint density at radius 3 is 2.85 bits per heavy atom. The number of hydrogen-bond acceptors (Lipinski definition) is 4. The number of hydrogen-bond donors (Lipinski definition) is 2. The maximum absolute atomic E-state index is 12.7. The number of piperidine rings is 1. The first-order valence-electron chi connectivity index (χ1n) is 9.20. The quantitative estimate of drug-likeness (QED) is 0.691. The van der Waals surface area contributed by atoms with Gasteiger partial charge in [-0.15, -0.1) is 0 Å². The van der Waals surface area contributed by atoms with E-state index in [1.54, 1.807) is 0 Å². The summed E-state index contributed by atoms with van der Waals surface area (Å²) in [7, 11) is 0. The topological polar surface area (TPSA) is 95.6 Å². The van der Waals surface area contributed by atoms with Crippen molar-refractivity contribution >= 4 is 22.7 Å². The van der Waals surface area contributed by atoms with Gasteiger partial charge in [-0.1, -0.05) is 6.92 Å². The Morgan fingerprint density at radius 1 is 1.23 bits per heavy atom. The highest BCUT2D eigenvalue weighted by Crippen LogP contribution is 2.33. The average molecular weight is 353 g/mol. The molecule has 2 amide bonds. The Kier molecular flexibility index (Phi) is 3.43. The summed E-state index contributed by atoms with van der Waals surface area (Å²) in [6, 6.07) is 2.26. The van der Waals surface area contributed by atoms with E-state index in [4.69, 9.17) is 10.7 Å². The summed E-state index contributed by atoms with van der Waals surface area (Å²) >= 11 is 0. The molecule has 0 aliphatic carbocycles. The number of H-pyrrole nitrogens is 1. The first-order chi connectivity index (χ1) is 12.6. The van der Waals surface area contributed by atoms with Gasteiger partial charge >= 0.3 is 6.03 Å². The summed E-state index contributed by atoms with van der Waals surface area (Å²) in [6.07, 6.45) is 6.59. The van der Waals surface area contributed by atoms with E-state index in [0.717, 1.165) is 35.5 Å². The number of urea groups is 1. The second kappa shape index (κ2) is 5.70. The lowest BCUT2D eigenvalue weighted by Crippen LogP contribution is -2.62. The van der Waals surface area contributed by atoms with Gasteiger partial charge in [0.1, 0.15) is 5.82 Å². The molecule has 8 heteroatoms. The van der Waals surface area contributed by atoms with Crippen molar-refractivity contribution in [2.75, 3.05) is 26.2 Å². The molecular weight excluding hydrogens is 330 g/mol. The van der Waals surface area contributed by atoms with Crippen molar-refractivity contribution in [3.63, 3.8) is 0 Å². The number of nitrogens with one attached hydrogen (secondary N) is 1. The molecule has 2 aliphatic heterocycles. The molecule has 0 bridgehead atoms. The van der Waals surface area contributed by atoms with Crippen molar-refractivity contribution in [1.82, 2.24) is 29.2 Å². The zero-order valence-electron chi connectivity index (χ0n) is 14.8. The standard InChI is InChI=1S/C18H23N7O/c1-11-3-5-23(18(26)24-8-12(19)9-24)10-14(11)17-22-7-13-6-21-16-15(25(13)17)2-4-20-16/h2,4,6-7,11-12,14,20H,3,5,8-10,19H2,1H3/t11-,14+/m1/s1. The molecule has 5 heterocycles. The molecule has 2 atom stereocenters. The molecule has 0 saturated carbocycles. The highest BCUT2D eigenvalue weighted by molar-refractivity contribution is 5.76. The lowest BCUT2D eigenvalue weighted by Gasteiger charge is -2.43. The predicted octanol–water partition coefficient (Wildman–Crippen LogP) is 1.40. The number of aromatic nitrogens is 4. The van der Waals surface area contributed by atoms with Crippen molar-refractivity contribution in [2.45, 2.75) is 25.3 Å². The highest BCUT2D eigenvalue weighted by Gasteiger charge is 2.37. The second-order valence-corrected chi connectivity index (χ2v) is 7.61. The minimum absolute atomic E-state index is 0.109. The first kappa shape index (κ1) is 15.6. The van der Waals surface area contributed by atoms with E-state index >= 15 is 0 Å². The van der Waals surface area contributed by atoms with Crippen LogP contribution in [0.3, 0.4) is 0 Å². The van der Waals surface area contributed by atoms with Crippen LogP contribution in [0.15, 0.2) is 24.7 Å². The molecule has 3 N–H and O–H groups in total. The van der Waals surface area contributed by atoms with Crippen LogP contribution in [0.25, 0.3) is 16.7 Å². The Bertz CT molecular complexity index is 970. The largest absolute Gasteiger partial charge is 0.345 e. The van der Waals surface area contributed by atoms with Crippen LogP contribution >= 0.6 is 0 Å². The summed E-state index contributed by atoms with van der Waals surface area (Å²) in [5.74, 6) is 1.67. The fourth-order valence-electron chi connectivity index (χ4n) is 4.21. The monoisotopic (exact) mass is 353 g/mol. The molecule has 2 fully saturated rings. The van der Waals surface area contributed by atoms with Crippen LogP contribution in [0.4, 0.5) is 4.79 Å². The van der Waals surface area contributed by atoms with Crippen LogP contribution in [-0.2, 0) is 0 Å². The minimum Gasteiger partial charge on any atom is -0.345 e. The smallest absolute Gasteiger partial charge is 0.320 e. The SMILES string of the molecule is C[C@@H]1CCN(C(=O)N2CC(N)C2)C[C@@H]1c1ncc2cnc3[nH]ccc3n12. The average Bonchev–Trinajstić information content (AvgIpc) is 3.24. The highest BCUT2D eigenvalue weighted by atomic mass is 16.2. The molecule has 0 aromatic carbocycles. The maximum atomic E-state index is 12.7. The third-order valence-corrected chi connectivity index (χ3v) is 5.83. The van der Waals surface area contributed by atoms with E-state index in [9.17, 15) is 4.79 Å². The summed E-state index contributed by atoms with van der Waals surface area (Å²) in [6.45, 7) is 5.07. The number of carbonyl (C=O) groups is 1. The first-order valence-corrected chi connectivity index (χ1v) is 9.20. The number of nitrogens with zero attached hydrogens (tertiary/aromatic N) is 5. The summed E-state index contributed by atoms with van der Waals surface area (Å²) in [4.78, 5) is 28.9. The van der Waals surface area contributed by atoms with Gasteiger partial charge in [0.2, 0.25) is 0 Å². The van der Waals surface area contributed by atoms with Gasteiger partial charge in [-0.3, -0.25) is 4.40 Å². The number of likely N-dealkylation sites (tertiary alicyclic amines) is 2. The van der Waals surface area contributed by atoms with Crippen LogP contribution < -0.4 is 5.73 Å². The van der Waals surface area contributed by atoms with Gasteiger partial charge < -0.3 is 20.5 Å². The Morgan fingerprint density at radius 2 is 2.04 bits per heavy atom. The molecule has 136 valence electrons. The molecule has 8 nitrogen and oxygen atoms in total. The summed E-state index contributed by atoms with van der Waals surface area (Å²) in [5, 5.41) is 0. The van der Waals surface area contributed by atoms with Crippen LogP contribution in [0.2, 0.25) is 0 Å². The molecule has 26 heavy (non-hydrogen) atoms. The van der Waals surface area contributed by atoms with Gasteiger partial charge in [0.05, 0.1) is 23.4 Å². The molecule has 2 aliphatic rings. The number of amides is 2. The Labute approximate surface area is 151 Å². The van der Waals surface area contributed by atoms with E-state index in [2.05, 4.69) is 21.3 Å². The van der Waals surface area contributed by atoms with Gasteiger partial charge in [-0.2, -0.15) is 0 Å². The molecule has 3 aromatic heterocycles. The van der Waals surface area contributed by atoms with Crippen molar-refractivity contribution in [2.24, 2.45) is 11.7 Å². The third-order valence-electron chi connectivity index (χ3n) is 5.83. The normalized spacial score (nSPS) is 24.4. The summed E-state index contributed by atoms with van der Waals surface area (Å²) < 4.78 is 2.17. The maximum Gasteiger partial charge on any atom is 0.320 e. The van der Waals surface area contributed by atoms with Crippen molar-refractivity contribution < 1.29 is 4.79 Å². The molecule has 0 radical (unpaired) electrons. The molecule has 5 rings (SSSR count). The van der Waals surface area contributed by atoms with Gasteiger partial charge in [0.15, 0.2) is 5.65 Å². The lowest BCUT2D eigenvalue weighted by atomic mass is 9.86. The number of nitrogens with two attached hydrogens (primary N) is 1. The van der Waals surface area contributed by atoms with Crippen LogP contribution in [0, 0.1) is 5.92 Å². The zero-order chi connectivity index (χ0) is 17.8. The van der Waals surface area contributed by atoms with Gasteiger partial charge in [0.25, 0.3) is 0 Å². The molecular formula is C18H23N7O. The van der Waals surface area contributed by atoms with E-state index < -0.39 is 0 Å². The number of imidazole rings is 1. The van der Waals surface area contributed by atoms with Crippen molar-refractivity contribution in [3.05, 3.63) is 30.5 Å². The number of fused-ring (bicyclic) bond motifs is 3. The van der Waals surface area contributed by atoms with E-state index in [1.807, 2.05) is 34.5 Å². The van der Waals surface area contributed by atoms with Crippen LogP contribution in [0.5, 0.6) is 0 Å². The fourth-order valence-corrected chi connectivity index (χ4v) is 4.21. The van der Waals surface area contributed by atoms with E-state index in [0.29, 0.717) is 25.6 Å². The predicted molar refractivity (Wildman–Crippen MR) is 97.9 cm³/mol. The molecule has 0 unspecified atom stereocenters. The number of carbonyl (C=O) groups excluding carboxylic acids is 1. The molecule has 3 aromatic rings. The minimum atomic E-state index is 0.109. The third kappa shape index (κ3) is 2.28. The van der Waals surface area contributed by atoms with Crippen LogP contribution in [-0.4, -0.2) is 67.4 Å². The van der Waals surface area contributed by atoms with Crippen LogP contribution in [0.1, 0.15) is 25.1 Å². The number of rotatable bonds is 1. The Hall–Kier alpha value is -2.61. The lowest BCUT2D eigenvalue weighted by molar-refractivity contribution is 0.0957. The van der Waals surface area contributed by atoms with Gasteiger partial charge in [-0.05, 0) is 18.4 Å². The second-order valence-electron chi connectivity index (χ2n) is 7.61. The Balaban J connectivity index is 1.49. The zero-order valence-corrected chi connectivity index (χ0v) is 14.8. The van der Waals surface area contributed by atoms with Gasteiger partial charge in [-0.25, -0.2) is 14.8 Å². The fraction of sp³-hybridized carbons (Fsp3) is 0.500. The van der Waals surface area contributed by atoms with Gasteiger partial charge in [0, 0.05) is 44.3 Å². The molecule has 0 spiro atoms. The molecule has 2 saturated heterocycles. The van der Waals surface area contributed by atoms with Crippen molar-refractivity contribution in [3.8, 4) is 0 Å². The number of aromatic amines is 1. The summed E-state index contributed by atoms with van der Waals surface area (Å²) in [5.41, 5.74) is 8.69. The van der Waals surface area contributed by atoms with Crippen molar-refractivity contribution in [1.29, 1.82) is 0 Å².